The number of nitriles is 2. The summed E-state index contributed by atoms with van der Waals surface area (Å²) in [4.78, 5) is 12.7. The fourth-order valence-electron chi connectivity index (χ4n) is 3.62. The molecule has 1 unspecified atom stereocenters. The van der Waals surface area contributed by atoms with Crippen LogP contribution < -0.4 is 0 Å². The first-order chi connectivity index (χ1) is 10.1. The van der Waals surface area contributed by atoms with E-state index in [9.17, 15) is 19.7 Å². The van der Waals surface area contributed by atoms with Crippen molar-refractivity contribution in [3.05, 3.63) is 35.6 Å². The van der Waals surface area contributed by atoms with Crippen molar-refractivity contribution in [1.82, 2.24) is 0 Å². The Bertz CT molecular complexity index is 649. The number of hydrogen-bond acceptors (Lipinski definition) is 4. The molecule has 5 heteroatoms. The second kappa shape index (κ2) is 4.65. The lowest BCUT2D eigenvalue weighted by Gasteiger charge is -2.23. The van der Waals surface area contributed by atoms with E-state index < -0.39 is 22.6 Å². The van der Waals surface area contributed by atoms with Gasteiger partial charge in [-0.25, -0.2) is 4.39 Å². The molecule has 1 aromatic rings. The Kier molecular flexibility index (Phi) is 3.04. The third kappa shape index (κ3) is 1.71. The molecule has 21 heavy (non-hydrogen) atoms. The molecule has 1 aliphatic carbocycles. The van der Waals surface area contributed by atoms with Gasteiger partial charge in [-0.1, -0.05) is 0 Å². The van der Waals surface area contributed by atoms with Crippen LogP contribution in [0.15, 0.2) is 24.3 Å². The van der Waals surface area contributed by atoms with Crippen LogP contribution in [0.1, 0.15) is 23.2 Å². The third-order valence-electron chi connectivity index (χ3n) is 4.82. The molecular formula is C16H13FN2O2. The molecule has 0 bridgehead atoms. The van der Waals surface area contributed by atoms with Gasteiger partial charge in [-0.2, -0.15) is 10.5 Å². The first-order valence-electron chi connectivity index (χ1n) is 6.81. The quantitative estimate of drug-likeness (QED) is 0.782. The summed E-state index contributed by atoms with van der Waals surface area (Å²) >= 11 is 0. The Hall–Kier alpha value is -2.24. The first-order valence-corrected chi connectivity index (χ1v) is 6.81. The third-order valence-corrected chi connectivity index (χ3v) is 4.82. The van der Waals surface area contributed by atoms with Crippen molar-refractivity contribution in [3.8, 4) is 12.1 Å². The molecule has 106 valence electrons. The number of ether oxygens (including phenoxy) is 1. The number of halogens is 1. The van der Waals surface area contributed by atoms with E-state index in [0.717, 1.165) is 0 Å². The maximum atomic E-state index is 13.0. The fraction of sp³-hybridized carbons (Fsp3) is 0.438. The molecule has 3 rings (SSSR count). The minimum Gasteiger partial charge on any atom is -0.381 e. The Labute approximate surface area is 121 Å². The Morgan fingerprint density at radius 3 is 2.29 bits per heavy atom. The van der Waals surface area contributed by atoms with Gasteiger partial charge in [0.15, 0.2) is 11.2 Å². The molecule has 1 heterocycles. The molecule has 1 saturated heterocycles. The Morgan fingerprint density at radius 1 is 1.19 bits per heavy atom. The van der Waals surface area contributed by atoms with Gasteiger partial charge >= 0.3 is 0 Å². The van der Waals surface area contributed by atoms with Gasteiger partial charge in [-0.05, 0) is 37.1 Å². The lowest BCUT2D eigenvalue weighted by atomic mass is 9.87. The van der Waals surface area contributed by atoms with E-state index in [2.05, 4.69) is 12.1 Å². The first kappa shape index (κ1) is 13.7. The van der Waals surface area contributed by atoms with Crippen LogP contribution >= 0.6 is 0 Å². The predicted octanol–water partition coefficient (Wildman–Crippen LogP) is 2.47. The van der Waals surface area contributed by atoms with Crippen LogP contribution in [0.3, 0.4) is 0 Å². The van der Waals surface area contributed by atoms with Gasteiger partial charge in [0, 0.05) is 24.2 Å². The van der Waals surface area contributed by atoms with Crippen LogP contribution in [0.2, 0.25) is 0 Å². The molecule has 0 radical (unpaired) electrons. The molecule has 1 aliphatic heterocycles. The molecule has 1 spiro atoms. The number of nitrogens with zero attached hydrogens (tertiary/aromatic N) is 2. The van der Waals surface area contributed by atoms with Gasteiger partial charge in [-0.3, -0.25) is 4.79 Å². The Balaban J connectivity index is 1.97. The van der Waals surface area contributed by atoms with Crippen LogP contribution in [0.5, 0.6) is 0 Å². The smallest absolute Gasteiger partial charge is 0.169 e. The molecule has 0 amide bonds. The summed E-state index contributed by atoms with van der Waals surface area (Å²) in [5.74, 6) is -1.32. The van der Waals surface area contributed by atoms with Crippen LogP contribution in [0.4, 0.5) is 4.39 Å². The highest BCUT2D eigenvalue weighted by Gasteiger charge is 2.80. The number of ketones is 1. The van der Waals surface area contributed by atoms with Crippen molar-refractivity contribution in [3.63, 3.8) is 0 Å². The summed E-state index contributed by atoms with van der Waals surface area (Å²) in [6.45, 7) is 0.913. The molecule has 0 aromatic heterocycles. The molecule has 0 N–H and O–H groups in total. The number of carbonyl (C=O) groups excluding carboxylic acids is 1. The van der Waals surface area contributed by atoms with Gasteiger partial charge in [0.1, 0.15) is 5.82 Å². The summed E-state index contributed by atoms with van der Waals surface area (Å²) in [6.07, 6.45) is 1.07. The highest BCUT2D eigenvalue weighted by atomic mass is 19.1. The topological polar surface area (TPSA) is 73.9 Å². The molecule has 4 nitrogen and oxygen atoms in total. The van der Waals surface area contributed by atoms with Crippen molar-refractivity contribution in [2.45, 2.75) is 12.8 Å². The average molecular weight is 284 g/mol. The maximum absolute atomic E-state index is 13.0. The van der Waals surface area contributed by atoms with Crippen molar-refractivity contribution in [2.75, 3.05) is 13.2 Å². The van der Waals surface area contributed by atoms with E-state index in [1.165, 1.54) is 24.3 Å². The largest absolute Gasteiger partial charge is 0.381 e. The number of hydrogen-bond donors (Lipinski definition) is 0. The van der Waals surface area contributed by atoms with E-state index >= 15 is 0 Å². The minimum absolute atomic E-state index is 0.250. The monoisotopic (exact) mass is 284 g/mol. The predicted molar refractivity (Wildman–Crippen MR) is 70.4 cm³/mol. The van der Waals surface area contributed by atoms with Crippen LogP contribution in [0, 0.1) is 45.2 Å². The fourth-order valence-corrected chi connectivity index (χ4v) is 3.62. The van der Waals surface area contributed by atoms with Gasteiger partial charge in [0.05, 0.1) is 18.1 Å². The summed E-state index contributed by atoms with van der Waals surface area (Å²) < 4.78 is 18.3. The second-order valence-electron chi connectivity index (χ2n) is 5.60. The van der Waals surface area contributed by atoms with E-state index in [4.69, 9.17) is 4.74 Å². The van der Waals surface area contributed by atoms with Gasteiger partial charge in [0.2, 0.25) is 0 Å². The minimum atomic E-state index is -1.28. The summed E-state index contributed by atoms with van der Waals surface area (Å²) in [7, 11) is 0. The standard InChI is InChI=1S/C16H13FN2O2/c17-12-3-1-11(2-4-12)13(20)14-15(5-7-21-8-6-15)16(14,9-18)10-19/h1-4,14H,5-8H2. The molecule has 1 atom stereocenters. The van der Waals surface area contributed by atoms with Crippen molar-refractivity contribution in [2.24, 2.45) is 16.7 Å². The second-order valence-corrected chi connectivity index (χ2v) is 5.60. The molecule has 1 aromatic carbocycles. The summed E-state index contributed by atoms with van der Waals surface area (Å²) in [6, 6.07) is 9.37. The van der Waals surface area contributed by atoms with Crippen LogP contribution in [-0.4, -0.2) is 19.0 Å². The van der Waals surface area contributed by atoms with Crippen molar-refractivity contribution in [1.29, 1.82) is 10.5 Å². The maximum Gasteiger partial charge on any atom is 0.169 e. The molecule has 2 fully saturated rings. The van der Waals surface area contributed by atoms with Gasteiger partial charge in [-0.15, -0.1) is 0 Å². The van der Waals surface area contributed by atoms with E-state index in [0.29, 0.717) is 31.6 Å². The van der Waals surface area contributed by atoms with Crippen molar-refractivity contribution >= 4 is 5.78 Å². The summed E-state index contributed by atoms with van der Waals surface area (Å²) in [5.41, 5.74) is -1.54. The number of rotatable bonds is 2. The lowest BCUT2D eigenvalue weighted by molar-refractivity contribution is 0.0455. The SMILES string of the molecule is N#CC1(C#N)C(C(=O)c2ccc(F)cc2)C12CCOCC2. The molecular weight excluding hydrogens is 271 g/mol. The zero-order chi connectivity index (χ0) is 15.1. The van der Waals surface area contributed by atoms with E-state index in [1.54, 1.807) is 0 Å². The van der Waals surface area contributed by atoms with E-state index in [1.807, 2.05) is 0 Å². The number of carbonyl (C=O) groups is 1. The van der Waals surface area contributed by atoms with Crippen LogP contribution in [-0.2, 0) is 4.74 Å². The number of benzene rings is 1. The van der Waals surface area contributed by atoms with Gasteiger partial charge < -0.3 is 4.74 Å². The zero-order valence-electron chi connectivity index (χ0n) is 11.3. The zero-order valence-corrected chi connectivity index (χ0v) is 11.3. The normalized spacial score (nSPS) is 24.8. The van der Waals surface area contributed by atoms with Crippen molar-refractivity contribution < 1.29 is 13.9 Å². The van der Waals surface area contributed by atoms with E-state index in [-0.39, 0.29) is 5.78 Å². The van der Waals surface area contributed by atoms with Gasteiger partial charge in [0.25, 0.3) is 0 Å². The molecule has 1 saturated carbocycles. The molecule has 2 aliphatic rings. The highest BCUT2D eigenvalue weighted by Crippen LogP contribution is 2.73. The van der Waals surface area contributed by atoms with Crippen LogP contribution in [0.25, 0.3) is 0 Å². The summed E-state index contributed by atoms with van der Waals surface area (Å²) in [5, 5.41) is 18.9. The number of Topliss-reactive ketones (excluding diaryl/α,β-unsaturated/α-hetero) is 1. The lowest BCUT2D eigenvalue weighted by Crippen LogP contribution is -2.23. The highest BCUT2D eigenvalue weighted by molar-refractivity contribution is 6.02. The average Bonchev–Trinajstić information content (AvgIpc) is 3.08. The Morgan fingerprint density at radius 2 is 1.76 bits per heavy atom.